The Morgan fingerprint density at radius 1 is 0.690 bits per heavy atom. The average Bonchev–Trinajstić information content (AvgIpc) is 2.63. The standard InChI is InChI=1S/C20H19ClN2O4S2/c1-14-3-12-20(15(2)13-14)29(26,27)23-18-8-10-19(11-9-18)28(24,25)22-17-6-4-16(21)5-7-17/h3-13,22-23H,1-2H3. The maximum absolute atomic E-state index is 12.6. The van der Waals surface area contributed by atoms with E-state index in [1.165, 1.54) is 24.3 Å². The molecule has 0 saturated carbocycles. The lowest BCUT2D eigenvalue weighted by Crippen LogP contribution is -2.15. The van der Waals surface area contributed by atoms with Crippen molar-refractivity contribution in [2.45, 2.75) is 23.6 Å². The molecule has 0 bridgehead atoms. The molecule has 0 heterocycles. The summed E-state index contributed by atoms with van der Waals surface area (Å²) in [5.74, 6) is 0. The van der Waals surface area contributed by atoms with E-state index in [0.29, 0.717) is 16.3 Å². The number of halogens is 1. The fourth-order valence-corrected chi connectivity index (χ4v) is 5.22. The number of sulfonamides is 2. The number of benzene rings is 3. The minimum absolute atomic E-state index is 0.00177. The lowest BCUT2D eigenvalue weighted by Gasteiger charge is -2.12. The summed E-state index contributed by atoms with van der Waals surface area (Å²) in [6, 6.07) is 16.8. The van der Waals surface area contributed by atoms with Crippen LogP contribution in [0.5, 0.6) is 0 Å². The highest BCUT2D eigenvalue weighted by atomic mass is 35.5. The van der Waals surface area contributed by atoms with E-state index in [-0.39, 0.29) is 15.5 Å². The van der Waals surface area contributed by atoms with Crippen molar-refractivity contribution in [3.05, 3.63) is 82.9 Å². The summed E-state index contributed by atoms with van der Waals surface area (Å²) in [5.41, 5.74) is 2.22. The zero-order valence-electron chi connectivity index (χ0n) is 15.7. The van der Waals surface area contributed by atoms with Crippen molar-refractivity contribution in [3.63, 3.8) is 0 Å². The van der Waals surface area contributed by atoms with E-state index < -0.39 is 20.0 Å². The van der Waals surface area contributed by atoms with Gasteiger partial charge in [-0.2, -0.15) is 0 Å². The highest BCUT2D eigenvalue weighted by Gasteiger charge is 2.18. The predicted molar refractivity (Wildman–Crippen MR) is 115 cm³/mol. The molecule has 0 spiro atoms. The number of hydrogen-bond donors (Lipinski definition) is 2. The molecule has 9 heteroatoms. The van der Waals surface area contributed by atoms with E-state index >= 15 is 0 Å². The molecule has 6 nitrogen and oxygen atoms in total. The normalized spacial score (nSPS) is 11.8. The number of aryl methyl sites for hydroxylation is 2. The van der Waals surface area contributed by atoms with Crippen molar-refractivity contribution >= 4 is 43.0 Å². The van der Waals surface area contributed by atoms with Crippen molar-refractivity contribution in [1.82, 2.24) is 0 Å². The number of nitrogens with one attached hydrogen (secondary N) is 2. The van der Waals surface area contributed by atoms with Gasteiger partial charge in [-0.15, -0.1) is 0 Å². The third kappa shape index (κ3) is 5.09. The molecule has 0 fully saturated rings. The van der Waals surface area contributed by atoms with Gasteiger partial charge in [0.05, 0.1) is 9.79 Å². The molecule has 0 aliphatic carbocycles. The van der Waals surface area contributed by atoms with E-state index in [0.717, 1.165) is 5.56 Å². The van der Waals surface area contributed by atoms with Crippen LogP contribution in [-0.2, 0) is 20.0 Å². The Balaban J connectivity index is 1.79. The molecule has 0 aliphatic rings. The molecular weight excluding hydrogens is 432 g/mol. The van der Waals surface area contributed by atoms with E-state index in [2.05, 4.69) is 9.44 Å². The molecule has 0 atom stereocenters. The largest absolute Gasteiger partial charge is 0.280 e. The third-order valence-electron chi connectivity index (χ3n) is 4.13. The first-order valence-corrected chi connectivity index (χ1v) is 11.9. The second-order valence-corrected chi connectivity index (χ2v) is 10.3. The zero-order valence-corrected chi connectivity index (χ0v) is 18.1. The summed E-state index contributed by atoms with van der Waals surface area (Å²) >= 11 is 5.80. The summed E-state index contributed by atoms with van der Waals surface area (Å²) < 4.78 is 55.2. The Hall–Kier alpha value is -2.55. The fourth-order valence-electron chi connectivity index (χ4n) is 2.75. The van der Waals surface area contributed by atoms with Gasteiger partial charge in [0.2, 0.25) is 0 Å². The third-order valence-corrected chi connectivity index (χ3v) is 7.32. The molecule has 0 aliphatic heterocycles. The Morgan fingerprint density at radius 2 is 1.21 bits per heavy atom. The van der Waals surface area contributed by atoms with Crippen LogP contribution in [0.1, 0.15) is 11.1 Å². The first-order chi connectivity index (χ1) is 13.6. The molecule has 0 aromatic heterocycles. The van der Waals surface area contributed by atoms with Crippen molar-refractivity contribution in [2.75, 3.05) is 9.44 Å². The molecule has 2 N–H and O–H groups in total. The van der Waals surface area contributed by atoms with Gasteiger partial charge in [0.25, 0.3) is 20.0 Å². The van der Waals surface area contributed by atoms with Crippen LogP contribution in [0.25, 0.3) is 0 Å². The van der Waals surface area contributed by atoms with Gasteiger partial charge in [0, 0.05) is 16.4 Å². The van der Waals surface area contributed by atoms with Gasteiger partial charge in [-0.05, 0) is 74.0 Å². The summed E-state index contributed by atoms with van der Waals surface area (Å²) in [6.45, 7) is 3.60. The molecule has 152 valence electrons. The Kier molecular flexibility index (Phi) is 5.88. The first-order valence-electron chi connectivity index (χ1n) is 8.55. The molecule has 3 aromatic rings. The van der Waals surface area contributed by atoms with Crippen molar-refractivity contribution in [2.24, 2.45) is 0 Å². The minimum atomic E-state index is -3.82. The molecular formula is C20H19ClN2O4S2. The van der Waals surface area contributed by atoms with Crippen LogP contribution in [-0.4, -0.2) is 16.8 Å². The van der Waals surface area contributed by atoms with Crippen LogP contribution < -0.4 is 9.44 Å². The lowest BCUT2D eigenvalue weighted by molar-refractivity contribution is 0.599. The van der Waals surface area contributed by atoms with E-state index in [1.807, 2.05) is 6.92 Å². The molecule has 3 aromatic carbocycles. The minimum Gasteiger partial charge on any atom is -0.280 e. The molecule has 29 heavy (non-hydrogen) atoms. The van der Waals surface area contributed by atoms with E-state index in [1.54, 1.807) is 49.4 Å². The van der Waals surface area contributed by atoms with Gasteiger partial charge in [-0.1, -0.05) is 29.3 Å². The molecule has 0 saturated heterocycles. The maximum Gasteiger partial charge on any atom is 0.262 e. The highest BCUT2D eigenvalue weighted by Crippen LogP contribution is 2.23. The summed E-state index contributed by atoms with van der Waals surface area (Å²) in [5, 5.41) is 0.494. The summed E-state index contributed by atoms with van der Waals surface area (Å²) in [7, 11) is -7.61. The Morgan fingerprint density at radius 3 is 1.76 bits per heavy atom. The highest BCUT2D eigenvalue weighted by molar-refractivity contribution is 7.93. The van der Waals surface area contributed by atoms with Crippen LogP contribution in [0.3, 0.4) is 0 Å². The molecule has 0 radical (unpaired) electrons. The van der Waals surface area contributed by atoms with Crippen molar-refractivity contribution < 1.29 is 16.8 Å². The first kappa shape index (κ1) is 21.2. The second-order valence-electron chi connectivity index (χ2n) is 6.51. The Labute approximate surface area is 175 Å². The maximum atomic E-state index is 12.6. The van der Waals surface area contributed by atoms with E-state index in [9.17, 15) is 16.8 Å². The van der Waals surface area contributed by atoms with Gasteiger partial charge >= 0.3 is 0 Å². The number of hydrogen-bond acceptors (Lipinski definition) is 4. The Bertz CT molecular complexity index is 1240. The summed E-state index contributed by atoms with van der Waals surface area (Å²) in [6.07, 6.45) is 0. The van der Waals surface area contributed by atoms with Crippen molar-refractivity contribution in [3.8, 4) is 0 Å². The van der Waals surface area contributed by atoms with Gasteiger partial charge in [-0.3, -0.25) is 9.44 Å². The SMILES string of the molecule is Cc1ccc(S(=O)(=O)Nc2ccc(S(=O)(=O)Nc3ccc(Cl)cc3)cc2)c(C)c1. The smallest absolute Gasteiger partial charge is 0.262 e. The topological polar surface area (TPSA) is 92.3 Å². The molecule has 0 amide bonds. The molecule has 0 unspecified atom stereocenters. The van der Waals surface area contributed by atoms with E-state index in [4.69, 9.17) is 11.6 Å². The fraction of sp³-hybridized carbons (Fsp3) is 0.100. The predicted octanol–water partition coefficient (Wildman–Crippen LogP) is 4.56. The van der Waals surface area contributed by atoms with Crippen molar-refractivity contribution in [1.29, 1.82) is 0 Å². The van der Waals surface area contributed by atoms with Crippen LogP contribution in [0, 0.1) is 13.8 Å². The quantitative estimate of drug-likeness (QED) is 0.575. The van der Waals surface area contributed by atoms with Gasteiger partial charge in [0.1, 0.15) is 0 Å². The molecule has 3 rings (SSSR count). The van der Waals surface area contributed by atoms with Crippen LogP contribution in [0.2, 0.25) is 5.02 Å². The van der Waals surface area contributed by atoms with Gasteiger partial charge in [0.15, 0.2) is 0 Å². The lowest BCUT2D eigenvalue weighted by atomic mass is 10.2. The zero-order chi connectivity index (χ0) is 21.2. The average molecular weight is 451 g/mol. The van der Waals surface area contributed by atoms with Gasteiger partial charge < -0.3 is 0 Å². The number of rotatable bonds is 6. The second kappa shape index (κ2) is 8.06. The monoisotopic (exact) mass is 450 g/mol. The van der Waals surface area contributed by atoms with Crippen LogP contribution in [0.15, 0.2) is 76.5 Å². The van der Waals surface area contributed by atoms with Crippen LogP contribution in [0.4, 0.5) is 11.4 Å². The number of anilines is 2. The van der Waals surface area contributed by atoms with Crippen LogP contribution >= 0.6 is 11.6 Å². The summed E-state index contributed by atoms with van der Waals surface area (Å²) in [4.78, 5) is 0.172. The van der Waals surface area contributed by atoms with Gasteiger partial charge in [-0.25, -0.2) is 16.8 Å².